The second-order valence-corrected chi connectivity index (χ2v) is 7.37. The molecule has 1 aromatic carbocycles. The van der Waals surface area contributed by atoms with E-state index in [4.69, 9.17) is 4.42 Å². The highest BCUT2D eigenvalue weighted by Crippen LogP contribution is 2.23. The smallest absolute Gasteiger partial charge is 0.242 e. The summed E-state index contributed by atoms with van der Waals surface area (Å²) in [7, 11) is -3.38. The van der Waals surface area contributed by atoms with Crippen LogP contribution in [0.1, 0.15) is 18.7 Å². The lowest BCUT2D eigenvalue weighted by atomic mass is 10.2. The number of amides is 1. The highest BCUT2D eigenvalue weighted by Gasteiger charge is 2.36. The Bertz CT molecular complexity index is 828. The lowest BCUT2D eigenvalue weighted by Gasteiger charge is -2.21. The Labute approximate surface area is 128 Å². The zero-order valence-electron chi connectivity index (χ0n) is 12.4. The van der Waals surface area contributed by atoms with Crippen LogP contribution in [0, 0.1) is 6.92 Å². The third-order valence-corrected chi connectivity index (χ3v) is 4.98. The average Bonchev–Trinajstić information content (AvgIpc) is 3.02. The standard InChI is InChI=1S/C14H17N3O4S/c1-9-15-11-8-10(5-6-13(11)21-9)16-14(18)12-4-3-7-17(12)22(2,19)20/h5-6,8,12H,3-4,7H2,1-2H3,(H,16,18). The Morgan fingerprint density at radius 2 is 2.23 bits per heavy atom. The molecule has 7 nitrogen and oxygen atoms in total. The molecule has 1 fully saturated rings. The van der Waals surface area contributed by atoms with Crippen LogP contribution in [0.25, 0.3) is 11.1 Å². The minimum absolute atomic E-state index is 0.317. The zero-order valence-corrected chi connectivity index (χ0v) is 13.2. The van der Waals surface area contributed by atoms with Crippen LogP contribution in [0.4, 0.5) is 5.69 Å². The van der Waals surface area contributed by atoms with E-state index in [1.54, 1.807) is 25.1 Å². The number of hydrogen-bond donors (Lipinski definition) is 1. The van der Waals surface area contributed by atoms with Gasteiger partial charge in [-0.1, -0.05) is 0 Å². The largest absolute Gasteiger partial charge is 0.441 e. The number of anilines is 1. The van der Waals surface area contributed by atoms with Gasteiger partial charge in [0.15, 0.2) is 11.5 Å². The molecule has 8 heteroatoms. The van der Waals surface area contributed by atoms with Crippen molar-refractivity contribution in [1.82, 2.24) is 9.29 Å². The summed E-state index contributed by atoms with van der Waals surface area (Å²) in [6, 6.07) is 4.51. The molecule has 22 heavy (non-hydrogen) atoms. The van der Waals surface area contributed by atoms with Gasteiger partial charge >= 0.3 is 0 Å². The topological polar surface area (TPSA) is 92.5 Å². The molecule has 2 heterocycles. The quantitative estimate of drug-likeness (QED) is 0.924. The maximum Gasteiger partial charge on any atom is 0.242 e. The molecule has 2 aromatic rings. The Morgan fingerprint density at radius 1 is 1.45 bits per heavy atom. The molecule has 1 saturated heterocycles. The first-order chi connectivity index (χ1) is 10.3. The fourth-order valence-corrected chi connectivity index (χ4v) is 3.87. The minimum atomic E-state index is -3.38. The molecule has 0 aliphatic carbocycles. The van der Waals surface area contributed by atoms with Gasteiger partial charge in [0, 0.05) is 19.2 Å². The Morgan fingerprint density at radius 3 is 2.95 bits per heavy atom. The van der Waals surface area contributed by atoms with E-state index in [0.717, 1.165) is 6.26 Å². The van der Waals surface area contributed by atoms with E-state index in [9.17, 15) is 13.2 Å². The summed E-state index contributed by atoms with van der Waals surface area (Å²) in [5.74, 6) is 0.236. The summed E-state index contributed by atoms with van der Waals surface area (Å²) < 4.78 is 30.0. The Balaban J connectivity index is 1.80. The van der Waals surface area contributed by atoms with Crippen LogP contribution in [-0.2, 0) is 14.8 Å². The van der Waals surface area contributed by atoms with E-state index in [1.807, 2.05) is 0 Å². The summed E-state index contributed by atoms with van der Waals surface area (Å²) in [6.45, 7) is 2.14. The number of oxazole rings is 1. The molecule has 0 radical (unpaired) electrons. The van der Waals surface area contributed by atoms with Crippen LogP contribution in [0.5, 0.6) is 0 Å². The second kappa shape index (κ2) is 5.36. The number of carbonyl (C=O) groups excluding carboxylic acids is 1. The SMILES string of the molecule is Cc1nc2cc(NC(=O)C3CCCN3S(C)(=O)=O)ccc2o1. The Kier molecular flexibility index (Phi) is 3.65. The van der Waals surface area contributed by atoms with Gasteiger partial charge in [-0.25, -0.2) is 13.4 Å². The van der Waals surface area contributed by atoms with Crippen molar-refractivity contribution in [2.75, 3.05) is 18.1 Å². The molecule has 1 aliphatic rings. The molecule has 1 atom stereocenters. The third-order valence-electron chi connectivity index (χ3n) is 3.69. The lowest BCUT2D eigenvalue weighted by molar-refractivity contribution is -0.119. The molecular formula is C14H17N3O4S. The molecule has 1 amide bonds. The van der Waals surface area contributed by atoms with Gasteiger partial charge in [0.1, 0.15) is 11.6 Å². The van der Waals surface area contributed by atoms with Gasteiger partial charge in [0.25, 0.3) is 0 Å². The van der Waals surface area contributed by atoms with Crippen molar-refractivity contribution < 1.29 is 17.6 Å². The van der Waals surface area contributed by atoms with E-state index in [0.29, 0.717) is 42.1 Å². The molecule has 0 spiro atoms. The van der Waals surface area contributed by atoms with E-state index < -0.39 is 16.1 Å². The second-order valence-electron chi connectivity index (χ2n) is 5.44. The number of sulfonamides is 1. The molecule has 1 aliphatic heterocycles. The van der Waals surface area contributed by atoms with E-state index >= 15 is 0 Å². The fourth-order valence-electron chi connectivity index (χ4n) is 2.75. The van der Waals surface area contributed by atoms with Gasteiger partial charge in [-0.15, -0.1) is 0 Å². The van der Waals surface area contributed by atoms with Gasteiger partial charge in [-0.05, 0) is 31.0 Å². The van der Waals surface area contributed by atoms with Crippen molar-refractivity contribution in [3.63, 3.8) is 0 Å². The normalized spacial score (nSPS) is 19.6. The van der Waals surface area contributed by atoms with E-state index in [2.05, 4.69) is 10.3 Å². The summed E-state index contributed by atoms with van der Waals surface area (Å²) in [4.78, 5) is 16.6. The number of carbonyl (C=O) groups is 1. The fraction of sp³-hybridized carbons (Fsp3) is 0.429. The number of rotatable bonds is 3. The Hall–Kier alpha value is -1.93. The van der Waals surface area contributed by atoms with E-state index in [-0.39, 0.29) is 5.91 Å². The summed E-state index contributed by atoms with van der Waals surface area (Å²) in [5.41, 5.74) is 1.88. The maximum absolute atomic E-state index is 12.4. The minimum Gasteiger partial charge on any atom is -0.441 e. The van der Waals surface area contributed by atoms with Crippen LogP contribution in [0.15, 0.2) is 22.6 Å². The van der Waals surface area contributed by atoms with Crippen LogP contribution in [0.3, 0.4) is 0 Å². The third kappa shape index (κ3) is 2.84. The molecule has 1 aromatic heterocycles. The molecular weight excluding hydrogens is 306 g/mol. The average molecular weight is 323 g/mol. The molecule has 1 unspecified atom stereocenters. The summed E-state index contributed by atoms with van der Waals surface area (Å²) in [6.07, 6.45) is 2.35. The number of aromatic nitrogens is 1. The van der Waals surface area contributed by atoms with Crippen LogP contribution in [-0.4, -0.2) is 42.5 Å². The van der Waals surface area contributed by atoms with Gasteiger partial charge < -0.3 is 9.73 Å². The van der Waals surface area contributed by atoms with Crippen molar-refractivity contribution in [1.29, 1.82) is 0 Å². The maximum atomic E-state index is 12.4. The van der Waals surface area contributed by atoms with Gasteiger partial charge in [-0.3, -0.25) is 4.79 Å². The number of fused-ring (bicyclic) bond motifs is 1. The summed E-state index contributed by atoms with van der Waals surface area (Å²) >= 11 is 0. The molecule has 3 rings (SSSR count). The van der Waals surface area contributed by atoms with Crippen LogP contribution >= 0.6 is 0 Å². The van der Waals surface area contributed by atoms with Crippen molar-refractivity contribution in [3.8, 4) is 0 Å². The van der Waals surface area contributed by atoms with Gasteiger partial charge in [0.2, 0.25) is 15.9 Å². The van der Waals surface area contributed by atoms with Gasteiger partial charge in [0.05, 0.1) is 6.26 Å². The molecule has 0 saturated carbocycles. The first kappa shape index (κ1) is 15.0. The first-order valence-corrected chi connectivity index (χ1v) is 8.84. The predicted octanol–water partition coefficient (Wildman–Crippen LogP) is 1.50. The van der Waals surface area contributed by atoms with E-state index in [1.165, 1.54) is 4.31 Å². The van der Waals surface area contributed by atoms with Crippen molar-refractivity contribution in [2.45, 2.75) is 25.8 Å². The monoisotopic (exact) mass is 323 g/mol. The van der Waals surface area contributed by atoms with Crippen molar-refractivity contribution in [2.24, 2.45) is 0 Å². The number of aryl methyl sites for hydroxylation is 1. The predicted molar refractivity (Wildman–Crippen MR) is 81.9 cm³/mol. The highest BCUT2D eigenvalue weighted by molar-refractivity contribution is 7.88. The highest BCUT2D eigenvalue weighted by atomic mass is 32.2. The molecule has 1 N–H and O–H groups in total. The van der Waals surface area contributed by atoms with Gasteiger partial charge in [-0.2, -0.15) is 4.31 Å². The lowest BCUT2D eigenvalue weighted by Crippen LogP contribution is -2.42. The zero-order chi connectivity index (χ0) is 15.9. The van der Waals surface area contributed by atoms with Crippen LogP contribution in [0.2, 0.25) is 0 Å². The number of nitrogens with zero attached hydrogens (tertiary/aromatic N) is 2. The van der Waals surface area contributed by atoms with Crippen molar-refractivity contribution >= 4 is 32.7 Å². The van der Waals surface area contributed by atoms with Crippen molar-refractivity contribution in [3.05, 3.63) is 24.1 Å². The van der Waals surface area contributed by atoms with Crippen LogP contribution < -0.4 is 5.32 Å². The number of benzene rings is 1. The molecule has 0 bridgehead atoms. The first-order valence-electron chi connectivity index (χ1n) is 6.99. The number of nitrogens with one attached hydrogen (secondary N) is 1. The molecule has 118 valence electrons. The summed E-state index contributed by atoms with van der Waals surface area (Å²) in [5, 5.41) is 2.76. The number of hydrogen-bond acceptors (Lipinski definition) is 5.